The third-order valence-electron chi connectivity index (χ3n) is 3.78. The van der Waals surface area contributed by atoms with Crippen LogP contribution in [0.15, 0.2) is 0 Å². The molecule has 0 radical (unpaired) electrons. The molecule has 1 aliphatic heterocycles. The minimum Gasteiger partial charge on any atom is -0.369 e. The van der Waals surface area contributed by atoms with Gasteiger partial charge in [-0.1, -0.05) is 13.8 Å². The van der Waals surface area contributed by atoms with E-state index in [1.807, 2.05) is 0 Å². The Hall–Kier alpha value is -1.10. The maximum Gasteiger partial charge on any atom is 0.222 e. The molecule has 4 N–H and O–H groups in total. The van der Waals surface area contributed by atoms with Crippen LogP contribution in [-0.4, -0.2) is 36.3 Å². The van der Waals surface area contributed by atoms with Crippen molar-refractivity contribution in [3.63, 3.8) is 0 Å². The SMILES string of the molecule is CC(C)(CCN)CCC(=O)N1CCC(C(N)=O)C1. The van der Waals surface area contributed by atoms with E-state index in [4.69, 9.17) is 11.5 Å². The highest BCUT2D eigenvalue weighted by molar-refractivity contribution is 5.81. The summed E-state index contributed by atoms with van der Waals surface area (Å²) in [6.45, 7) is 6.05. The molecular formula is C13H25N3O2. The third kappa shape index (κ3) is 4.29. The first-order valence-corrected chi connectivity index (χ1v) is 6.63. The van der Waals surface area contributed by atoms with Crippen LogP contribution < -0.4 is 11.5 Å². The summed E-state index contributed by atoms with van der Waals surface area (Å²) in [5.74, 6) is -0.330. The number of hydrogen-bond acceptors (Lipinski definition) is 3. The molecule has 0 bridgehead atoms. The Bertz CT molecular complexity index is 315. The Kier molecular flexibility index (Phi) is 5.14. The van der Waals surface area contributed by atoms with Gasteiger partial charge in [-0.15, -0.1) is 0 Å². The van der Waals surface area contributed by atoms with Crippen molar-refractivity contribution >= 4 is 11.8 Å². The Balaban J connectivity index is 2.36. The molecule has 0 aromatic heterocycles. The van der Waals surface area contributed by atoms with E-state index in [0.29, 0.717) is 32.5 Å². The first-order chi connectivity index (χ1) is 8.35. The maximum absolute atomic E-state index is 12.0. The molecule has 1 unspecified atom stereocenters. The molecule has 1 fully saturated rings. The number of carbonyl (C=O) groups excluding carboxylic acids is 2. The first-order valence-electron chi connectivity index (χ1n) is 6.63. The lowest BCUT2D eigenvalue weighted by molar-refractivity contribution is -0.131. The largest absolute Gasteiger partial charge is 0.369 e. The van der Waals surface area contributed by atoms with Gasteiger partial charge in [0, 0.05) is 19.5 Å². The maximum atomic E-state index is 12.0. The smallest absolute Gasteiger partial charge is 0.222 e. The molecule has 1 saturated heterocycles. The van der Waals surface area contributed by atoms with Crippen molar-refractivity contribution in [1.82, 2.24) is 4.90 Å². The third-order valence-corrected chi connectivity index (χ3v) is 3.78. The number of likely N-dealkylation sites (tertiary alicyclic amines) is 1. The summed E-state index contributed by atoms with van der Waals surface area (Å²) in [5, 5.41) is 0. The zero-order valence-electron chi connectivity index (χ0n) is 11.4. The van der Waals surface area contributed by atoms with Gasteiger partial charge in [0.15, 0.2) is 0 Å². The van der Waals surface area contributed by atoms with Gasteiger partial charge in [0.25, 0.3) is 0 Å². The fourth-order valence-corrected chi connectivity index (χ4v) is 2.34. The van der Waals surface area contributed by atoms with Crippen molar-refractivity contribution in [2.45, 2.75) is 39.5 Å². The summed E-state index contributed by atoms with van der Waals surface area (Å²) in [7, 11) is 0. The summed E-state index contributed by atoms with van der Waals surface area (Å²) >= 11 is 0. The van der Waals surface area contributed by atoms with Gasteiger partial charge in [0.1, 0.15) is 0 Å². The van der Waals surface area contributed by atoms with Gasteiger partial charge in [-0.05, 0) is 31.2 Å². The van der Waals surface area contributed by atoms with Gasteiger partial charge in [-0.25, -0.2) is 0 Å². The standard InChI is InChI=1S/C13H25N3O2/c1-13(2,6-7-14)5-3-11(17)16-8-4-10(9-16)12(15)18/h10H,3-9,14H2,1-2H3,(H2,15,18). The van der Waals surface area contributed by atoms with Crippen LogP contribution in [0.5, 0.6) is 0 Å². The van der Waals surface area contributed by atoms with Gasteiger partial charge in [0.05, 0.1) is 5.92 Å². The van der Waals surface area contributed by atoms with E-state index in [0.717, 1.165) is 12.8 Å². The average molecular weight is 255 g/mol. The van der Waals surface area contributed by atoms with Crippen molar-refractivity contribution in [3.8, 4) is 0 Å². The van der Waals surface area contributed by atoms with E-state index in [1.165, 1.54) is 0 Å². The van der Waals surface area contributed by atoms with Crippen molar-refractivity contribution in [3.05, 3.63) is 0 Å². The van der Waals surface area contributed by atoms with E-state index in [-0.39, 0.29) is 23.1 Å². The van der Waals surface area contributed by atoms with Gasteiger partial charge in [-0.2, -0.15) is 0 Å². The van der Waals surface area contributed by atoms with E-state index in [2.05, 4.69) is 13.8 Å². The average Bonchev–Trinajstić information content (AvgIpc) is 2.75. The second-order valence-electron chi connectivity index (χ2n) is 5.93. The molecule has 0 aromatic rings. The van der Waals surface area contributed by atoms with E-state index in [9.17, 15) is 9.59 Å². The Labute approximate surface area is 109 Å². The van der Waals surface area contributed by atoms with Crippen molar-refractivity contribution in [1.29, 1.82) is 0 Å². The van der Waals surface area contributed by atoms with Crippen molar-refractivity contribution in [2.75, 3.05) is 19.6 Å². The van der Waals surface area contributed by atoms with Crippen LogP contribution in [0, 0.1) is 11.3 Å². The molecule has 0 aliphatic carbocycles. The zero-order valence-corrected chi connectivity index (χ0v) is 11.4. The Morgan fingerprint density at radius 2 is 2.00 bits per heavy atom. The van der Waals surface area contributed by atoms with Crippen LogP contribution >= 0.6 is 0 Å². The number of amides is 2. The molecule has 0 spiro atoms. The van der Waals surface area contributed by atoms with E-state index < -0.39 is 0 Å². The summed E-state index contributed by atoms with van der Waals surface area (Å²) in [6.07, 6.45) is 2.98. The summed E-state index contributed by atoms with van der Waals surface area (Å²) in [5.41, 5.74) is 10.9. The Morgan fingerprint density at radius 1 is 1.33 bits per heavy atom. The van der Waals surface area contributed by atoms with Crippen LogP contribution in [0.4, 0.5) is 0 Å². The predicted molar refractivity (Wildman–Crippen MR) is 70.6 cm³/mol. The number of rotatable bonds is 6. The quantitative estimate of drug-likeness (QED) is 0.723. The van der Waals surface area contributed by atoms with Gasteiger partial charge in [0.2, 0.25) is 11.8 Å². The Morgan fingerprint density at radius 3 is 2.50 bits per heavy atom. The summed E-state index contributed by atoms with van der Waals surface area (Å²) < 4.78 is 0. The molecule has 2 amide bonds. The highest BCUT2D eigenvalue weighted by Crippen LogP contribution is 2.27. The zero-order chi connectivity index (χ0) is 13.8. The lowest BCUT2D eigenvalue weighted by Crippen LogP contribution is -2.32. The second kappa shape index (κ2) is 6.18. The van der Waals surface area contributed by atoms with Crippen molar-refractivity contribution < 1.29 is 9.59 Å². The number of hydrogen-bond donors (Lipinski definition) is 2. The predicted octanol–water partition coefficient (Wildman–Crippen LogP) is 0.475. The monoisotopic (exact) mass is 255 g/mol. The fourth-order valence-electron chi connectivity index (χ4n) is 2.34. The fraction of sp³-hybridized carbons (Fsp3) is 0.846. The molecule has 1 heterocycles. The molecule has 5 nitrogen and oxygen atoms in total. The van der Waals surface area contributed by atoms with Crippen LogP contribution in [0.1, 0.15) is 39.5 Å². The van der Waals surface area contributed by atoms with Gasteiger partial charge in [-0.3, -0.25) is 9.59 Å². The minimum absolute atomic E-state index is 0.104. The molecule has 104 valence electrons. The second-order valence-corrected chi connectivity index (χ2v) is 5.93. The van der Waals surface area contributed by atoms with E-state index in [1.54, 1.807) is 4.90 Å². The molecule has 18 heavy (non-hydrogen) atoms. The lowest BCUT2D eigenvalue weighted by Gasteiger charge is -2.25. The molecule has 5 heteroatoms. The normalized spacial score (nSPS) is 20.2. The molecule has 0 saturated carbocycles. The molecular weight excluding hydrogens is 230 g/mol. The number of primary amides is 1. The number of carbonyl (C=O) groups is 2. The highest BCUT2D eigenvalue weighted by Gasteiger charge is 2.30. The lowest BCUT2D eigenvalue weighted by atomic mass is 9.84. The summed E-state index contributed by atoms with van der Waals surface area (Å²) in [4.78, 5) is 24.8. The number of nitrogens with two attached hydrogens (primary N) is 2. The van der Waals surface area contributed by atoms with Crippen LogP contribution in [0.25, 0.3) is 0 Å². The topological polar surface area (TPSA) is 89.4 Å². The summed E-state index contributed by atoms with van der Waals surface area (Å²) in [6, 6.07) is 0. The highest BCUT2D eigenvalue weighted by atomic mass is 16.2. The van der Waals surface area contributed by atoms with E-state index >= 15 is 0 Å². The van der Waals surface area contributed by atoms with Gasteiger partial charge >= 0.3 is 0 Å². The van der Waals surface area contributed by atoms with Crippen LogP contribution in [-0.2, 0) is 9.59 Å². The number of nitrogens with zero attached hydrogens (tertiary/aromatic N) is 1. The van der Waals surface area contributed by atoms with Crippen LogP contribution in [0.2, 0.25) is 0 Å². The van der Waals surface area contributed by atoms with Crippen molar-refractivity contribution in [2.24, 2.45) is 22.8 Å². The molecule has 1 rings (SSSR count). The molecule has 0 aromatic carbocycles. The minimum atomic E-state index is -0.297. The molecule has 1 aliphatic rings. The first kappa shape index (κ1) is 15.0. The van der Waals surface area contributed by atoms with Gasteiger partial charge < -0.3 is 16.4 Å². The van der Waals surface area contributed by atoms with Crippen LogP contribution in [0.3, 0.4) is 0 Å². The molecule has 1 atom stereocenters.